The van der Waals surface area contributed by atoms with E-state index in [0.717, 1.165) is 29.9 Å². The second kappa shape index (κ2) is 9.33. The molecule has 0 radical (unpaired) electrons. The van der Waals surface area contributed by atoms with Crippen LogP contribution in [0.15, 0.2) is 48.5 Å². The summed E-state index contributed by atoms with van der Waals surface area (Å²) in [6.45, 7) is 13.1. The van der Waals surface area contributed by atoms with Gasteiger partial charge in [-0.25, -0.2) is 9.59 Å². The third kappa shape index (κ3) is 4.72. The smallest absolute Gasteiger partial charge is 0.410 e. The Labute approximate surface area is 224 Å². The Kier molecular flexibility index (Phi) is 6.40. The van der Waals surface area contributed by atoms with Crippen molar-refractivity contribution in [3.05, 3.63) is 65.2 Å². The predicted molar refractivity (Wildman–Crippen MR) is 144 cm³/mol. The lowest BCUT2D eigenvalue weighted by atomic mass is 9.83. The van der Waals surface area contributed by atoms with E-state index in [4.69, 9.17) is 9.47 Å². The molecule has 2 aromatic carbocycles. The minimum absolute atomic E-state index is 0.0218. The number of hydrogen-bond acceptors (Lipinski definition) is 6. The number of carbonyl (C=O) groups is 3. The fourth-order valence-corrected chi connectivity index (χ4v) is 5.69. The molecule has 202 valence electrons. The number of fused-ring (bicyclic) bond motifs is 2. The van der Waals surface area contributed by atoms with Crippen LogP contribution in [0.4, 0.5) is 10.5 Å². The fourth-order valence-electron chi connectivity index (χ4n) is 5.69. The molecule has 0 saturated carbocycles. The van der Waals surface area contributed by atoms with Crippen molar-refractivity contribution < 1.29 is 23.9 Å². The summed E-state index contributed by atoms with van der Waals surface area (Å²) in [7, 11) is 0. The molecule has 3 aliphatic heterocycles. The Morgan fingerprint density at radius 2 is 1.53 bits per heavy atom. The maximum Gasteiger partial charge on any atom is 0.410 e. The van der Waals surface area contributed by atoms with Crippen molar-refractivity contribution in [2.24, 2.45) is 0 Å². The molecule has 0 N–H and O–H groups in total. The molecule has 1 atom stereocenters. The normalized spacial score (nSPS) is 21.5. The third-order valence-corrected chi connectivity index (χ3v) is 7.87. The second-order valence-electron chi connectivity index (χ2n) is 12.0. The summed E-state index contributed by atoms with van der Waals surface area (Å²) in [6.07, 6.45) is 0.332. The summed E-state index contributed by atoms with van der Waals surface area (Å²) in [6, 6.07) is 15.6. The maximum atomic E-state index is 13.7. The number of benzene rings is 2. The van der Waals surface area contributed by atoms with E-state index in [1.807, 2.05) is 82.0 Å². The minimum atomic E-state index is -0.745. The lowest BCUT2D eigenvalue weighted by Gasteiger charge is -2.37. The molecule has 0 bridgehead atoms. The van der Waals surface area contributed by atoms with Crippen LogP contribution in [0, 0.1) is 0 Å². The van der Waals surface area contributed by atoms with Gasteiger partial charge in [-0.3, -0.25) is 4.79 Å². The van der Waals surface area contributed by atoms with E-state index in [1.165, 1.54) is 0 Å². The first kappa shape index (κ1) is 26.1. The molecule has 3 aliphatic rings. The van der Waals surface area contributed by atoms with Gasteiger partial charge in [-0.2, -0.15) is 0 Å². The maximum absolute atomic E-state index is 13.7. The number of nitrogens with zero attached hydrogens (tertiary/aromatic N) is 3. The predicted octanol–water partition coefficient (Wildman–Crippen LogP) is 4.32. The first-order valence-corrected chi connectivity index (χ1v) is 13.4. The van der Waals surface area contributed by atoms with E-state index in [-0.39, 0.29) is 18.0 Å². The topological polar surface area (TPSA) is 79.4 Å². The van der Waals surface area contributed by atoms with E-state index in [2.05, 4.69) is 4.90 Å². The third-order valence-electron chi connectivity index (χ3n) is 7.87. The molecule has 2 aromatic rings. The van der Waals surface area contributed by atoms with E-state index in [9.17, 15) is 14.4 Å². The zero-order valence-electron chi connectivity index (χ0n) is 23.0. The van der Waals surface area contributed by atoms with Gasteiger partial charge in [0.25, 0.3) is 0 Å². The van der Waals surface area contributed by atoms with Gasteiger partial charge < -0.3 is 24.2 Å². The Hall–Kier alpha value is -3.55. The Balaban J connectivity index is 1.22. The Morgan fingerprint density at radius 3 is 2.18 bits per heavy atom. The number of anilines is 1. The van der Waals surface area contributed by atoms with E-state index >= 15 is 0 Å². The van der Waals surface area contributed by atoms with E-state index in [1.54, 1.807) is 11.0 Å². The van der Waals surface area contributed by atoms with Gasteiger partial charge in [-0.1, -0.05) is 30.3 Å². The van der Waals surface area contributed by atoms with Crippen molar-refractivity contribution >= 4 is 23.7 Å². The minimum Gasteiger partial charge on any atom is -0.449 e. The van der Waals surface area contributed by atoms with Gasteiger partial charge in [0, 0.05) is 50.4 Å². The number of carbonyl (C=O) groups excluding carboxylic acids is 3. The van der Waals surface area contributed by atoms with Crippen LogP contribution in [0.3, 0.4) is 0 Å². The van der Waals surface area contributed by atoms with Crippen LogP contribution in [0.5, 0.6) is 0 Å². The zero-order chi connectivity index (χ0) is 27.3. The van der Waals surface area contributed by atoms with Gasteiger partial charge in [0.15, 0.2) is 5.60 Å². The number of ether oxygens (including phenoxy) is 2. The van der Waals surface area contributed by atoms with Crippen LogP contribution in [-0.4, -0.2) is 72.6 Å². The largest absolute Gasteiger partial charge is 0.449 e. The average molecular weight is 520 g/mol. The molecule has 2 fully saturated rings. The number of rotatable bonds is 3. The fraction of sp³-hybridized carbons (Fsp3) is 0.500. The summed E-state index contributed by atoms with van der Waals surface area (Å²) >= 11 is 0. The van der Waals surface area contributed by atoms with Gasteiger partial charge in [-0.15, -0.1) is 0 Å². The molecule has 5 rings (SSSR count). The van der Waals surface area contributed by atoms with Crippen LogP contribution in [0.1, 0.15) is 62.5 Å². The SMILES string of the molecule is CC(C)(C)OC(=O)N1CCN(c2ccc(C(C)(C)C(=O)N3CC[C@@]4(C3)OC(=O)c3ccccc34)cc2)CC1. The van der Waals surface area contributed by atoms with Gasteiger partial charge >= 0.3 is 12.1 Å². The van der Waals surface area contributed by atoms with Crippen molar-refractivity contribution in [3.8, 4) is 0 Å². The van der Waals surface area contributed by atoms with Crippen LogP contribution >= 0.6 is 0 Å². The Bertz CT molecular complexity index is 1240. The number of likely N-dealkylation sites (tertiary alicyclic amines) is 1. The van der Waals surface area contributed by atoms with Gasteiger partial charge in [0.05, 0.1) is 17.5 Å². The first-order valence-electron chi connectivity index (χ1n) is 13.4. The molecule has 2 amide bonds. The Morgan fingerprint density at radius 1 is 0.868 bits per heavy atom. The van der Waals surface area contributed by atoms with Crippen molar-refractivity contribution in [3.63, 3.8) is 0 Å². The summed E-state index contributed by atoms with van der Waals surface area (Å²) in [4.78, 5) is 44.3. The molecule has 0 unspecified atom stereocenters. The standard InChI is InChI=1S/C30H37N3O5/c1-28(2,3)38-27(36)32-18-16-31(17-19-32)22-12-10-21(11-13-22)29(4,5)26(35)33-15-14-30(20-33)24-9-7-6-8-23(24)25(34)37-30/h6-13H,14-20H2,1-5H3/t30-/m0/s1. The first-order chi connectivity index (χ1) is 17.9. The quantitative estimate of drug-likeness (QED) is 0.562. The van der Waals surface area contributed by atoms with E-state index in [0.29, 0.717) is 38.2 Å². The molecular formula is C30H37N3O5. The van der Waals surface area contributed by atoms with Gasteiger partial charge in [0.1, 0.15) is 5.60 Å². The highest BCUT2D eigenvalue weighted by atomic mass is 16.6. The van der Waals surface area contributed by atoms with Crippen LogP contribution in [0.25, 0.3) is 0 Å². The van der Waals surface area contributed by atoms with Crippen LogP contribution < -0.4 is 4.90 Å². The highest BCUT2D eigenvalue weighted by Gasteiger charge is 2.52. The van der Waals surface area contributed by atoms with Crippen molar-refractivity contribution in [2.75, 3.05) is 44.2 Å². The van der Waals surface area contributed by atoms with E-state index < -0.39 is 16.6 Å². The van der Waals surface area contributed by atoms with Gasteiger partial charge in [-0.05, 0) is 58.4 Å². The molecule has 38 heavy (non-hydrogen) atoms. The molecule has 3 heterocycles. The monoisotopic (exact) mass is 519 g/mol. The molecule has 8 nitrogen and oxygen atoms in total. The lowest BCUT2D eigenvalue weighted by Crippen LogP contribution is -2.50. The molecule has 2 saturated heterocycles. The second-order valence-corrected chi connectivity index (χ2v) is 12.0. The molecular weight excluding hydrogens is 482 g/mol. The lowest BCUT2D eigenvalue weighted by molar-refractivity contribution is -0.136. The van der Waals surface area contributed by atoms with Crippen molar-refractivity contribution in [1.82, 2.24) is 9.80 Å². The zero-order valence-corrected chi connectivity index (χ0v) is 23.0. The molecule has 0 aliphatic carbocycles. The number of hydrogen-bond donors (Lipinski definition) is 0. The average Bonchev–Trinajstić information content (AvgIpc) is 3.43. The summed E-state index contributed by atoms with van der Waals surface area (Å²) in [5.74, 6) is -0.287. The number of amides is 2. The van der Waals surface area contributed by atoms with Crippen molar-refractivity contribution in [1.29, 1.82) is 0 Å². The highest BCUT2D eigenvalue weighted by molar-refractivity contribution is 5.95. The highest BCUT2D eigenvalue weighted by Crippen LogP contribution is 2.44. The summed E-state index contributed by atoms with van der Waals surface area (Å²) in [5, 5.41) is 0. The number of esters is 1. The molecule has 1 spiro atoms. The van der Waals surface area contributed by atoms with Crippen molar-refractivity contribution in [2.45, 2.75) is 57.7 Å². The van der Waals surface area contributed by atoms with Crippen LogP contribution in [0.2, 0.25) is 0 Å². The summed E-state index contributed by atoms with van der Waals surface area (Å²) < 4.78 is 11.3. The number of piperazine rings is 1. The summed E-state index contributed by atoms with van der Waals surface area (Å²) in [5.41, 5.74) is 1.50. The van der Waals surface area contributed by atoms with Crippen LogP contribution in [-0.2, 0) is 25.3 Å². The van der Waals surface area contributed by atoms with Gasteiger partial charge in [0.2, 0.25) is 5.91 Å². The molecule has 8 heteroatoms. The molecule has 0 aromatic heterocycles.